The molecule has 3 aromatic carbocycles. The fourth-order valence-corrected chi connectivity index (χ4v) is 9.31. The molecule has 0 radical (unpaired) electrons. The standard InChI is InChI=1S/C48H60N4O12/c1-22-12-11-13-23(2)47(60)50-38-43(58)34-33(37-45(38)63-32-21-29(20-30(53)36(32)49-37)52-17-14-28(15-18-52)51(8)9)35-44(27(6)42(34)57)64-48(7,46(35)59)62-19-16-31(61-10)24(3)40(55)26(5)41(56)25(4)39(22)54/h11-13,16,19-22,24-26,28,31,39-41,54-57,59H,14-15,17-18H2,1-10H3,(H,50,60)/b12-11+,19-16+,23-13-/t22-,24+,25+,26-,31-,39-,40+,41+,48-/m0/s1. The van der Waals surface area contributed by atoms with E-state index >= 15 is 0 Å². The van der Waals surface area contributed by atoms with Crippen LogP contribution in [0.1, 0.15) is 59.9 Å². The van der Waals surface area contributed by atoms with E-state index in [0.717, 1.165) is 12.8 Å². The van der Waals surface area contributed by atoms with E-state index in [4.69, 9.17) is 23.6 Å². The van der Waals surface area contributed by atoms with Gasteiger partial charge in [-0.3, -0.25) is 14.4 Å². The highest BCUT2D eigenvalue weighted by atomic mass is 16.7. The van der Waals surface area contributed by atoms with Gasteiger partial charge in [0.25, 0.3) is 5.91 Å². The van der Waals surface area contributed by atoms with Crippen molar-refractivity contribution in [2.45, 2.75) is 97.6 Å². The number of rotatable bonds is 3. The molecule has 0 aliphatic carbocycles. The predicted octanol–water partition coefficient (Wildman–Crippen LogP) is 4.52. The quantitative estimate of drug-likeness (QED) is 0.123. The maximum atomic E-state index is 14.8. The van der Waals surface area contributed by atoms with Crippen molar-refractivity contribution in [3.63, 3.8) is 0 Å². The molecule has 3 aliphatic rings. The van der Waals surface area contributed by atoms with Gasteiger partial charge in [0, 0.05) is 91.2 Å². The third kappa shape index (κ3) is 8.10. The molecular formula is C48H60N4O12. The molecule has 7 rings (SSSR count). The molecule has 16 nitrogen and oxygen atoms in total. The summed E-state index contributed by atoms with van der Waals surface area (Å²) < 4.78 is 24.5. The summed E-state index contributed by atoms with van der Waals surface area (Å²) in [5, 5.41) is 60.2. The van der Waals surface area contributed by atoms with Crippen molar-refractivity contribution in [1.82, 2.24) is 9.88 Å². The summed E-state index contributed by atoms with van der Waals surface area (Å²) in [6.07, 6.45) is 5.24. The molecule has 6 N–H and O–H groups in total. The number of anilines is 2. The number of carbonyl (C=O) groups is 1. The maximum absolute atomic E-state index is 14.8. The van der Waals surface area contributed by atoms with E-state index in [1.165, 1.54) is 52.4 Å². The average Bonchev–Trinajstić information content (AvgIpc) is 3.54. The highest BCUT2D eigenvalue weighted by Crippen LogP contribution is 2.42. The molecule has 0 unspecified atom stereocenters. The Morgan fingerprint density at radius 1 is 0.906 bits per heavy atom. The highest BCUT2D eigenvalue weighted by Gasteiger charge is 2.44. The summed E-state index contributed by atoms with van der Waals surface area (Å²) in [6, 6.07) is 3.55. The first-order valence-electron chi connectivity index (χ1n) is 21.8. The Bertz CT molecular complexity index is 2760. The zero-order valence-corrected chi connectivity index (χ0v) is 38.0. The SMILES string of the molecule is CO[C@H]1/C=C/O[C@@]2(C)Oc3c(C)c(O)c4c(=O)c(c5oc6cc(N7CCC(N(C)C)CC7)cc(=O)c6nc5c4c3=C2O)NC(=O)/C(C)=C\C=C\[C@H](C)[C@H](O)[C@@H](C)[C@@H](O)[C@@H](C)[C@H](O)[C@@H]1C. The van der Waals surface area contributed by atoms with E-state index in [2.05, 4.69) is 15.1 Å². The summed E-state index contributed by atoms with van der Waals surface area (Å²) in [5.74, 6) is -6.19. The maximum Gasteiger partial charge on any atom is 0.307 e. The number of aliphatic hydroxyl groups is 4. The fourth-order valence-electron chi connectivity index (χ4n) is 9.31. The second-order valence-electron chi connectivity index (χ2n) is 18.1. The Balaban J connectivity index is 1.47. The van der Waals surface area contributed by atoms with Crippen molar-refractivity contribution in [2.24, 2.45) is 23.7 Å². The zero-order valence-electron chi connectivity index (χ0n) is 38.0. The summed E-state index contributed by atoms with van der Waals surface area (Å²) in [4.78, 5) is 51.8. The van der Waals surface area contributed by atoms with Gasteiger partial charge in [0.2, 0.25) is 10.9 Å². The lowest BCUT2D eigenvalue weighted by Crippen LogP contribution is -2.44. The minimum absolute atomic E-state index is 0.0341. The summed E-state index contributed by atoms with van der Waals surface area (Å²) in [7, 11) is 5.53. The highest BCUT2D eigenvalue weighted by molar-refractivity contribution is 6.16. The number of nitrogens with one attached hydrogen (secondary N) is 1. The topological polar surface area (TPSA) is 225 Å². The van der Waals surface area contributed by atoms with Crippen LogP contribution in [-0.4, -0.2) is 112 Å². The summed E-state index contributed by atoms with van der Waals surface area (Å²) in [6.45, 7) is 12.7. The fraction of sp³-hybridized carbons (Fsp3) is 0.500. The van der Waals surface area contributed by atoms with Crippen LogP contribution in [0.3, 0.4) is 0 Å². The van der Waals surface area contributed by atoms with Crippen LogP contribution in [0.15, 0.2) is 62.3 Å². The molecule has 1 aromatic heterocycles. The average molecular weight is 885 g/mol. The first-order valence-corrected chi connectivity index (χ1v) is 21.8. The molecule has 4 heterocycles. The Hall–Kier alpha value is -5.52. The molecule has 0 spiro atoms. The Kier molecular flexibility index (Phi) is 12.9. The van der Waals surface area contributed by atoms with Gasteiger partial charge >= 0.3 is 5.79 Å². The minimum atomic E-state index is -1.95. The Morgan fingerprint density at radius 3 is 2.22 bits per heavy atom. The largest absolute Gasteiger partial charge is 0.507 e. The number of hydrogen-bond acceptors (Lipinski definition) is 15. The van der Waals surface area contributed by atoms with E-state index in [1.54, 1.807) is 45.9 Å². The Labute approximate surface area is 370 Å². The smallest absolute Gasteiger partial charge is 0.307 e. The number of phenols is 1. The van der Waals surface area contributed by atoms with Gasteiger partial charge in [-0.1, -0.05) is 45.9 Å². The number of phenolic OH excluding ortho intramolecular Hbond substituents is 1. The van der Waals surface area contributed by atoms with Gasteiger partial charge in [-0.2, -0.15) is 0 Å². The summed E-state index contributed by atoms with van der Waals surface area (Å²) in [5.41, 5.74) is -1.25. The van der Waals surface area contributed by atoms with Crippen molar-refractivity contribution >= 4 is 56.0 Å². The molecule has 3 aliphatic heterocycles. The third-order valence-corrected chi connectivity index (χ3v) is 13.7. The number of amides is 1. The molecule has 0 saturated carbocycles. The van der Waals surface area contributed by atoms with E-state index in [9.17, 15) is 39.9 Å². The molecular weight excluding hydrogens is 825 g/mol. The van der Waals surface area contributed by atoms with E-state index in [1.807, 2.05) is 14.1 Å². The molecule has 9 atom stereocenters. The lowest BCUT2D eigenvalue weighted by Gasteiger charge is -2.36. The van der Waals surface area contributed by atoms with Crippen LogP contribution in [0.25, 0.3) is 38.7 Å². The van der Waals surface area contributed by atoms with Crippen molar-refractivity contribution in [3.05, 3.63) is 79.5 Å². The lowest BCUT2D eigenvalue weighted by molar-refractivity contribution is -0.112. The van der Waals surface area contributed by atoms with Crippen molar-refractivity contribution < 1.29 is 49.0 Å². The molecule has 1 saturated heterocycles. The normalized spacial score (nSPS) is 30.7. The number of allylic oxidation sites excluding steroid dienone is 2. The number of aromatic nitrogens is 1. The number of hydrogen-bond donors (Lipinski definition) is 6. The van der Waals surface area contributed by atoms with Crippen LogP contribution >= 0.6 is 0 Å². The zero-order chi connectivity index (χ0) is 46.7. The lowest BCUT2D eigenvalue weighted by atomic mass is 9.78. The number of carbonyl (C=O) groups excluding carboxylic acids is 1. The molecule has 1 amide bonds. The van der Waals surface area contributed by atoms with Crippen LogP contribution < -0.4 is 31.0 Å². The minimum Gasteiger partial charge on any atom is -0.507 e. The number of benzene rings is 3. The van der Waals surface area contributed by atoms with Gasteiger partial charge in [-0.25, -0.2) is 4.98 Å². The first-order chi connectivity index (χ1) is 30.2. The second-order valence-corrected chi connectivity index (χ2v) is 18.1. The number of aliphatic hydroxyl groups excluding tert-OH is 4. The monoisotopic (exact) mass is 884 g/mol. The molecule has 1 fully saturated rings. The van der Waals surface area contributed by atoms with Gasteiger partial charge in [0.05, 0.1) is 41.3 Å². The third-order valence-electron chi connectivity index (χ3n) is 13.7. The summed E-state index contributed by atoms with van der Waals surface area (Å²) >= 11 is 0. The predicted molar refractivity (Wildman–Crippen MR) is 244 cm³/mol. The van der Waals surface area contributed by atoms with Crippen LogP contribution in [0, 0.1) is 30.6 Å². The second kappa shape index (κ2) is 17.8. The van der Waals surface area contributed by atoms with Crippen molar-refractivity contribution in [1.29, 1.82) is 0 Å². The van der Waals surface area contributed by atoms with Gasteiger partial charge < -0.3 is 59.3 Å². The number of methoxy groups -OCH3 is 1. The Morgan fingerprint density at radius 2 is 1.56 bits per heavy atom. The number of piperidine rings is 1. The molecule has 4 aromatic rings. The van der Waals surface area contributed by atoms with Crippen LogP contribution in [0.4, 0.5) is 11.4 Å². The molecule has 4 bridgehead atoms. The van der Waals surface area contributed by atoms with Crippen LogP contribution in [0.2, 0.25) is 0 Å². The molecule has 16 heteroatoms. The molecule has 64 heavy (non-hydrogen) atoms. The van der Waals surface area contributed by atoms with Gasteiger partial charge in [-0.15, -0.1) is 0 Å². The van der Waals surface area contributed by atoms with E-state index < -0.39 is 82.1 Å². The van der Waals surface area contributed by atoms with Crippen LogP contribution in [-0.2, 0) is 14.3 Å². The number of nitrogens with zero attached hydrogens (tertiary/aromatic N) is 3. The van der Waals surface area contributed by atoms with Crippen molar-refractivity contribution in [3.8, 4) is 11.5 Å². The van der Waals surface area contributed by atoms with E-state index in [0.29, 0.717) is 24.8 Å². The van der Waals surface area contributed by atoms with E-state index in [-0.39, 0.29) is 60.8 Å². The number of aromatic hydroxyl groups is 1. The first kappa shape index (κ1) is 46.5. The van der Waals surface area contributed by atoms with Gasteiger partial charge in [0.15, 0.2) is 22.4 Å². The van der Waals surface area contributed by atoms with Gasteiger partial charge in [-0.05, 0) is 46.9 Å². The van der Waals surface area contributed by atoms with Crippen LogP contribution in [0.5, 0.6) is 11.5 Å². The molecule has 344 valence electrons. The number of fused-ring (bicyclic) bond motifs is 2. The van der Waals surface area contributed by atoms with Crippen molar-refractivity contribution in [2.75, 3.05) is 44.5 Å². The number of ether oxygens (including phenoxy) is 3. The van der Waals surface area contributed by atoms with Gasteiger partial charge in [0.1, 0.15) is 22.7 Å².